The predicted octanol–water partition coefficient (Wildman–Crippen LogP) is 2.49. The summed E-state index contributed by atoms with van der Waals surface area (Å²) in [6.07, 6.45) is 4.84. The van der Waals surface area contributed by atoms with Crippen molar-refractivity contribution < 1.29 is 9.42 Å². The Kier molecular flexibility index (Phi) is 5.81. The number of amides is 1. The number of hydrogen-bond acceptors (Lipinski definition) is 9. The molecule has 4 N–H and O–H groups in total. The maximum atomic E-state index is 13.3. The lowest BCUT2D eigenvalue weighted by Crippen LogP contribution is -2.37. The van der Waals surface area contributed by atoms with Gasteiger partial charge >= 0.3 is 0 Å². The zero-order valence-corrected chi connectivity index (χ0v) is 20.3. The highest BCUT2D eigenvalue weighted by Gasteiger charge is 2.28. The Morgan fingerprint density at radius 2 is 1.82 bits per heavy atom. The van der Waals surface area contributed by atoms with Gasteiger partial charge in [-0.2, -0.15) is 4.68 Å². The van der Waals surface area contributed by atoms with E-state index in [4.69, 9.17) is 10.4 Å². The first-order valence-electron chi connectivity index (χ1n) is 11.9. The monoisotopic (exact) mass is 508 g/mol. The van der Waals surface area contributed by atoms with Gasteiger partial charge in [0.05, 0.1) is 17.9 Å². The van der Waals surface area contributed by atoms with Crippen LogP contribution >= 0.6 is 0 Å². The molecule has 0 fully saturated rings. The largest absolute Gasteiger partial charge is 0.378 e. The quantitative estimate of drug-likeness (QED) is 0.269. The standard InChI is InChI=1S/C26H24N10O2/c1-17(18-8-10-20(11-9-18)34-13-4-5-14-34)28-30-26(37)23-22(36(33-29-23)25-24(27)31-38-32-25)16-35-15-12-19-6-2-3-7-21(19)35/h2-11,13-14,28H,1,12,15-16H2,(H2,27,31)(H,30,37). The highest BCUT2D eigenvalue weighted by Crippen LogP contribution is 2.30. The number of hydrazine groups is 1. The molecule has 5 aromatic rings. The average Bonchev–Trinajstić information content (AvgIpc) is 3.75. The molecule has 1 amide bonds. The number of nitrogens with two attached hydrogens (primary N) is 1. The van der Waals surface area contributed by atoms with Gasteiger partial charge in [-0.15, -0.1) is 5.10 Å². The molecule has 2 aromatic carbocycles. The number of hydrogen-bond donors (Lipinski definition) is 3. The highest BCUT2D eigenvalue weighted by molar-refractivity contribution is 5.93. The summed E-state index contributed by atoms with van der Waals surface area (Å²) in [7, 11) is 0. The highest BCUT2D eigenvalue weighted by atomic mass is 16.6. The normalized spacial score (nSPS) is 12.4. The van der Waals surface area contributed by atoms with Crippen molar-refractivity contribution in [2.24, 2.45) is 0 Å². The van der Waals surface area contributed by atoms with E-state index >= 15 is 0 Å². The van der Waals surface area contributed by atoms with Crippen LogP contribution in [0, 0.1) is 0 Å². The van der Waals surface area contributed by atoms with E-state index in [0.29, 0.717) is 17.9 Å². The van der Waals surface area contributed by atoms with Crippen molar-refractivity contribution in [2.45, 2.75) is 13.0 Å². The van der Waals surface area contributed by atoms with Crippen LogP contribution in [-0.4, -0.2) is 42.3 Å². The first-order chi connectivity index (χ1) is 18.6. The Labute approximate surface area is 217 Å². The summed E-state index contributed by atoms with van der Waals surface area (Å²) in [4.78, 5) is 15.4. The van der Waals surface area contributed by atoms with Gasteiger partial charge in [0, 0.05) is 30.3 Å². The van der Waals surface area contributed by atoms with Crippen molar-refractivity contribution in [1.29, 1.82) is 0 Å². The van der Waals surface area contributed by atoms with Crippen molar-refractivity contribution in [3.05, 3.63) is 102 Å². The van der Waals surface area contributed by atoms with Crippen LogP contribution < -0.4 is 21.5 Å². The van der Waals surface area contributed by atoms with E-state index in [2.05, 4.69) is 55.1 Å². The van der Waals surface area contributed by atoms with E-state index in [1.165, 1.54) is 10.2 Å². The van der Waals surface area contributed by atoms with Crippen LogP contribution in [-0.2, 0) is 13.0 Å². The van der Waals surface area contributed by atoms with Crippen molar-refractivity contribution in [2.75, 3.05) is 17.2 Å². The molecule has 190 valence electrons. The Hall–Kier alpha value is -5.39. The second-order valence-corrected chi connectivity index (χ2v) is 8.76. The zero-order chi connectivity index (χ0) is 26.1. The first-order valence-corrected chi connectivity index (χ1v) is 11.9. The molecule has 1 aliphatic rings. The first kappa shape index (κ1) is 23.0. The lowest BCUT2D eigenvalue weighted by Gasteiger charge is -2.20. The number of nitrogens with zero attached hydrogens (tertiary/aromatic N) is 7. The van der Waals surface area contributed by atoms with Crippen molar-refractivity contribution in [1.82, 2.24) is 40.7 Å². The molecule has 0 radical (unpaired) electrons. The second-order valence-electron chi connectivity index (χ2n) is 8.76. The maximum absolute atomic E-state index is 13.3. The summed E-state index contributed by atoms with van der Waals surface area (Å²) in [6, 6.07) is 19.9. The lowest BCUT2D eigenvalue weighted by atomic mass is 10.1. The fourth-order valence-electron chi connectivity index (χ4n) is 4.48. The molecule has 4 heterocycles. The second kappa shape index (κ2) is 9.58. The number of rotatable bonds is 8. The summed E-state index contributed by atoms with van der Waals surface area (Å²) in [5, 5.41) is 15.8. The number of carbonyl (C=O) groups is 1. The Morgan fingerprint density at radius 1 is 1.03 bits per heavy atom. The number of nitrogen functional groups attached to an aromatic ring is 1. The van der Waals surface area contributed by atoms with Crippen LogP contribution in [0.4, 0.5) is 11.5 Å². The minimum absolute atomic E-state index is 0.0415. The van der Waals surface area contributed by atoms with Gasteiger partial charge in [0.1, 0.15) is 0 Å². The molecule has 0 saturated carbocycles. The molecule has 6 rings (SSSR count). The van der Waals surface area contributed by atoms with Crippen LogP contribution in [0.25, 0.3) is 17.2 Å². The van der Waals surface area contributed by atoms with Gasteiger partial charge in [0.2, 0.25) is 11.6 Å². The molecule has 0 unspecified atom stereocenters. The van der Waals surface area contributed by atoms with Crippen molar-refractivity contribution >= 4 is 23.1 Å². The number of benzene rings is 2. The Morgan fingerprint density at radius 3 is 2.58 bits per heavy atom. The van der Waals surface area contributed by atoms with Crippen LogP contribution in [0.2, 0.25) is 0 Å². The predicted molar refractivity (Wildman–Crippen MR) is 140 cm³/mol. The topological polar surface area (TPSA) is 145 Å². The van der Waals surface area contributed by atoms with Crippen LogP contribution in [0.3, 0.4) is 0 Å². The number of carbonyl (C=O) groups excluding carboxylic acids is 1. The summed E-state index contributed by atoms with van der Waals surface area (Å²) < 4.78 is 8.15. The molecule has 38 heavy (non-hydrogen) atoms. The van der Waals surface area contributed by atoms with Crippen LogP contribution in [0.5, 0.6) is 0 Å². The van der Waals surface area contributed by atoms with E-state index < -0.39 is 5.91 Å². The minimum Gasteiger partial charge on any atom is -0.378 e. The van der Waals surface area contributed by atoms with E-state index in [9.17, 15) is 4.79 Å². The summed E-state index contributed by atoms with van der Waals surface area (Å²) in [6.45, 7) is 5.17. The molecular formula is C26H24N10O2. The zero-order valence-electron chi connectivity index (χ0n) is 20.3. The molecule has 0 atom stereocenters. The molecule has 3 aromatic heterocycles. The van der Waals surface area contributed by atoms with Gasteiger partial charge in [0.25, 0.3) is 5.91 Å². The molecule has 0 spiro atoms. The third-order valence-corrected chi connectivity index (χ3v) is 6.44. The SMILES string of the molecule is C=C(NNC(=O)c1nnn(-c2nonc2N)c1CN1CCc2ccccc21)c1ccc(-n2cccc2)cc1. The molecule has 0 saturated heterocycles. The third-order valence-electron chi connectivity index (χ3n) is 6.44. The summed E-state index contributed by atoms with van der Waals surface area (Å²) in [5.41, 5.74) is 16.8. The molecule has 0 bridgehead atoms. The minimum atomic E-state index is -0.487. The van der Waals surface area contributed by atoms with Gasteiger partial charge in [-0.1, -0.05) is 42.1 Å². The van der Waals surface area contributed by atoms with E-state index in [1.807, 2.05) is 65.5 Å². The van der Waals surface area contributed by atoms with Gasteiger partial charge < -0.3 is 15.2 Å². The number of anilines is 2. The smallest absolute Gasteiger partial charge is 0.292 e. The van der Waals surface area contributed by atoms with Crippen molar-refractivity contribution in [3.8, 4) is 11.5 Å². The summed E-state index contributed by atoms with van der Waals surface area (Å²) >= 11 is 0. The Bertz CT molecular complexity index is 1600. The number of fused-ring (bicyclic) bond motifs is 1. The van der Waals surface area contributed by atoms with E-state index in [0.717, 1.165) is 29.9 Å². The number of aromatic nitrogens is 6. The lowest BCUT2D eigenvalue weighted by molar-refractivity contribution is 0.0936. The Balaban J connectivity index is 1.21. The maximum Gasteiger partial charge on any atom is 0.292 e. The molecule has 0 aliphatic carbocycles. The van der Waals surface area contributed by atoms with Crippen LogP contribution in [0.15, 0.2) is 84.3 Å². The fourth-order valence-corrected chi connectivity index (χ4v) is 4.48. The third kappa shape index (κ3) is 4.23. The molecule has 12 nitrogen and oxygen atoms in total. The summed E-state index contributed by atoms with van der Waals surface area (Å²) in [5.74, 6) is -0.280. The van der Waals surface area contributed by atoms with E-state index in [1.54, 1.807) is 0 Å². The van der Waals surface area contributed by atoms with Gasteiger partial charge in [-0.3, -0.25) is 15.6 Å². The van der Waals surface area contributed by atoms with Gasteiger partial charge in [-0.05, 0) is 58.2 Å². The van der Waals surface area contributed by atoms with Crippen LogP contribution in [0.1, 0.15) is 27.3 Å². The molecule has 12 heteroatoms. The fraction of sp³-hybridized carbons (Fsp3) is 0.115. The number of para-hydroxylation sites is 1. The molecular weight excluding hydrogens is 484 g/mol. The molecule has 1 aliphatic heterocycles. The van der Waals surface area contributed by atoms with E-state index in [-0.39, 0.29) is 17.3 Å². The van der Waals surface area contributed by atoms with Gasteiger partial charge in [0.15, 0.2) is 5.69 Å². The number of nitrogens with one attached hydrogen (secondary N) is 2. The van der Waals surface area contributed by atoms with Gasteiger partial charge in [-0.25, -0.2) is 4.63 Å². The average molecular weight is 509 g/mol. The van der Waals surface area contributed by atoms with Crippen molar-refractivity contribution in [3.63, 3.8) is 0 Å².